The number of hydrogen-bond acceptors (Lipinski definition) is 7. The van der Waals surface area contributed by atoms with Crippen LogP contribution in [-0.4, -0.2) is 55.3 Å². The summed E-state index contributed by atoms with van der Waals surface area (Å²) < 4.78 is 4.44. The summed E-state index contributed by atoms with van der Waals surface area (Å²) >= 11 is 0. The van der Waals surface area contributed by atoms with Crippen molar-refractivity contribution in [2.24, 2.45) is 18.7 Å². The van der Waals surface area contributed by atoms with Crippen LogP contribution < -0.4 is 27.2 Å². The molecule has 1 saturated heterocycles. The molecule has 0 radical (unpaired) electrons. The Bertz CT molecular complexity index is 1430. The van der Waals surface area contributed by atoms with Crippen molar-refractivity contribution < 1.29 is 4.79 Å². The summed E-state index contributed by atoms with van der Waals surface area (Å²) in [6.07, 6.45) is 5.63. The fourth-order valence-electron chi connectivity index (χ4n) is 5.18. The minimum atomic E-state index is -0.510. The molecule has 1 aliphatic carbocycles. The zero-order chi connectivity index (χ0) is 25.6. The van der Waals surface area contributed by atoms with E-state index in [0.29, 0.717) is 53.8 Å². The summed E-state index contributed by atoms with van der Waals surface area (Å²) in [5.41, 5.74) is 7.15. The lowest BCUT2D eigenvalue weighted by molar-refractivity contribution is 0.0953. The van der Waals surface area contributed by atoms with Crippen molar-refractivity contribution in [2.75, 3.05) is 24.5 Å². The van der Waals surface area contributed by atoms with Crippen LogP contribution in [0.1, 0.15) is 54.5 Å². The Kier molecular flexibility index (Phi) is 6.42. The molecule has 0 unspecified atom stereocenters. The number of nitrogens with zero attached hydrogens (tertiary/aromatic N) is 6. The molecule has 1 amide bonds. The van der Waals surface area contributed by atoms with Gasteiger partial charge in [0.15, 0.2) is 0 Å². The van der Waals surface area contributed by atoms with E-state index in [9.17, 15) is 14.4 Å². The number of fused-ring (bicyclic) bond motifs is 1. The second kappa shape index (κ2) is 9.53. The summed E-state index contributed by atoms with van der Waals surface area (Å²) in [5, 5.41) is 3.05. The van der Waals surface area contributed by atoms with Gasteiger partial charge in [-0.1, -0.05) is 0 Å². The summed E-state index contributed by atoms with van der Waals surface area (Å²) in [6.45, 7) is 6.08. The van der Waals surface area contributed by atoms with Crippen molar-refractivity contribution in [1.29, 1.82) is 0 Å². The Morgan fingerprint density at radius 2 is 1.97 bits per heavy atom. The molecule has 192 valence electrons. The van der Waals surface area contributed by atoms with Crippen LogP contribution in [0.25, 0.3) is 11.0 Å². The minimum absolute atomic E-state index is 0.0246. The van der Waals surface area contributed by atoms with Gasteiger partial charge in [-0.05, 0) is 51.5 Å². The molecule has 11 nitrogen and oxygen atoms in total. The topological polar surface area (TPSA) is 133 Å². The van der Waals surface area contributed by atoms with Crippen LogP contribution in [0, 0.1) is 12.8 Å². The van der Waals surface area contributed by atoms with E-state index in [4.69, 9.17) is 5.73 Å². The molecule has 36 heavy (non-hydrogen) atoms. The van der Waals surface area contributed by atoms with Gasteiger partial charge in [0.1, 0.15) is 22.7 Å². The second-order valence-corrected chi connectivity index (χ2v) is 9.99. The Balaban J connectivity index is 1.74. The summed E-state index contributed by atoms with van der Waals surface area (Å²) in [6, 6.07) is 1.74. The quantitative estimate of drug-likeness (QED) is 0.495. The standard InChI is InChI=1S/C25H34N8O3/c1-4-32-21-20(30(3)25(36)33(24(21)35)14-18-27-10-9-15(2)29-18)19(22(34)28-12-16-7-8-16)23(32)31-11-5-6-17(26)13-31/h9-10,16-17H,4-8,11-14,26H2,1-3H3,(H,28,34)/t17-/m1/s1. The van der Waals surface area contributed by atoms with Crippen LogP contribution in [0.5, 0.6) is 0 Å². The Morgan fingerprint density at radius 3 is 2.64 bits per heavy atom. The maximum Gasteiger partial charge on any atom is 0.331 e. The van der Waals surface area contributed by atoms with Gasteiger partial charge in [-0.2, -0.15) is 0 Å². The molecule has 2 aliphatic rings. The van der Waals surface area contributed by atoms with Gasteiger partial charge in [0.05, 0.1) is 12.1 Å². The summed E-state index contributed by atoms with van der Waals surface area (Å²) in [5.74, 6) is 1.28. The number of carbonyl (C=O) groups is 1. The second-order valence-electron chi connectivity index (χ2n) is 9.99. The first kappa shape index (κ1) is 24.2. The molecule has 11 heteroatoms. The zero-order valence-electron chi connectivity index (χ0n) is 21.2. The smallest absolute Gasteiger partial charge is 0.331 e. The highest BCUT2D eigenvalue weighted by atomic mass is 16.2. The maximum absolute atomic E-state index is 13.9. The molecule has 1 saturated carbocycles. The van der Waals surface area contributed by atoms with E-state index in [2.05, 4.69) is 20.2 Å². The lowest BCUT2D eigenvalue weighted by Gasteiger charge is -2.33. The van der Waals surface area contributed by atoms with Gasteiger partial charge in [-0.15, -0.1) is 0 Å². The number of aryl methyl sites for hydroxylation is 3. The fraction of sp³-hybridized carbons (Fsp3) is 0.560. The van der Waals surface area contributed by atoms with Crippen molar-refractivity contribution in [3.8, 4) is 0 Å². The average molecular weight is 495 g/mol. The number of aromatic nitrogens is 5. The monoisotopic (exact) mass is 494 g/mol. The van der Waals surface area contributed by atoms with Crippen LogP contribution in [0.3, 0.4) is 0 Å². The van der Waals surface area contributed by atoms with E-state index in [1.165, 1.54) is 4.57 Å². The average Bonchev–Trinajstić information content (AvgIpc) is 3.62. The van der Waals surface area contributed by atoms with Gasteiger partial charge >= 0.3 is 5.69 Å². The molecule has 1 atom stereocenters. The number of hydrogen-bond donors (Lipinski definition) is 2. The number of anilines is 1. The third kappa shape index (κ3) is 4.32. The number of amides is 1. The molecule has 0 aromatic carbocycles. The largest absolute Gasteiger partial charge is 0.356 e. The minimum Gasteiger partial charge on any atom is -0.356 e. The third-order valence-electron chi connectivity index (χ3n) is 7.20. The van der Waals surface area contributed by atoms with Gasteiger partial charge in [0.2, 0.25) is 0 Å². The summed E-state index contributed by atoms with van der Waals surface area (Å²) in [4.78, 5) is 51.7. The molecule has 5 rings (SSSR count). The van der Waals surface area contributed by atoms with Gasteiger partial charge in [-0.25, -0.2) is 14.8 Å². The van der Waals surface area contributed by atoms with E-state index in [1.807, 2.05) is 18.4 Å². The van der Waals surface area contributed by atoms with Gasteiger partial charge in [0.25, 0.3) is 11.5 Å². The predicted octanol–water partition coefficient (Wildman–Crippen LogP) is 0.736. The molecule has 3 aromatic heterocycles. The number of nitrogens with one attached hydrogen (secondary N) is 1. The lowest BCUT2D eigenvalue weighted by Crippen LogP contribution is -2.44. The van der Waals surface area contributed by atoms with E-state index in [-0.39, 0.29) is 18.5 Å². The van der Waals surface area contributed by atoms with Crippen molar-refractivity contribution in [3.63, 3.8) is 0 Å². The van der Waals surface area contributed by atoms with E-state index in [0.717, 1.165) is 42.5 Å². The van der Waals surface area contributed by atoms with Crippen molar-refractivity contribution >= 4 is 22.8 Å². The van der Waals surface area contributed by atoms with Crippen LogP contribution in [0.4, 0.5) is 5.82 Å². The number of carbonyl (C=O) groups excluding carboxylic acids is 1. The van der Waals surface area contributed by atoms with Crippen molar-refractivity contribution in [2.45, 2.75) is 58.7 Å². The van der Waals surface area contributed by atoms with E-state index < -0.39 is 11.2 Å². The van der Waals surface area contributed by atoms with Gasteiger partial charge in [0, 0.05) is 51.2 Å². The molecule has 2 fully saturated rings. The molecule has 0 spiro atoms. The van der Waals surface area contributed by atoms with Crippen LogP contribution in [-0.2, 0) is 20.1 Å². The first-order valence-electron chi connectivity index (χ1n) is 12.7. The number of piperidine rings is 1. The SMILES string of the molecule is CCn1c(N2CCC[C@@H](N)C2)c(C(=O)NCC2CC2)c2c1c(=O)n(Cc1nccc(C)n1)c(=O)n2C. The van der Waals surface area contributed by atoms with Crippen molar-refractivity contribution in [1.82, 2.24) is 29.0 Å². The van der Waals surface area contributed by atoms with Crippen molar-refractivity contribution in [3.05, 3.63) is 50.2 Å². The predicted molar refractivity (Wildman–Crippen MR) is 137 cm³/mol. The first-order valence-corrected chi connectivity index (χ1v) is 12.7. The van der Waals surface area contributed by atoms with Gasteiger partial charge < -0.3 is 20.5 Å². The van der Waals surface area contributed by atoms with E-state index >= 15 is 0 Å². The molecule has 3 aromatic rings. The summed E-state index contributed by atoms with van der Waals surface area (Å²) in [7, 11) is 1.61. The zero-order valence-corrected chi connectivity index (χ0v) is 21.2. The van der Waals surface area contributed by atoms with Gasteiger partial charge in [-0.3, -0.25) is 18.7 Å². The fourth-order valence-corrected chi connectivity index (χ4v) is 5.18. The normalized spacial score (nSPS) is 18.1. The Morgan fingerprint density at radius 1 is 1.19 bits per heavy atom. The molecular weight excluding hydrogens is 460 g/mol. The van der Waals surface area contributed by atoms with Crippen LogP contribution >= 0.6 is 0 Å². The Labute approximate surface area is 208 Å². The molecule has 3 N–H and O–H groups in total. The highest BCUT2D eigenvalue weighted by molar-refractivity contribution is 6.11. The highest BCUT2D eigenvalue weighted by Crippen LogP contribution is 2.33. The first-order chi connectivity index (χ1) is 17.3. The van der Waals surface area contributed by atoms with E-state index in [1.54, 1.807) is 19.3 Å². The third-order valence-corrected chi connectivity index (χ3v) is 7.20. The highest BCUT2D eigenvalue weighted by Gasteiger charge is 2.33. The Hall–Kier alpha value is -3.47. The number of rotatable bonds is 7. The van der Waals surface area contributed by atoms with Crippen LogP contribution in [0.15, 0.2) is 21.9 Å². The molecule has 1 aliphatic heterocycles. The molecule has 0 bridgehead atoms. The maximum atomic E-state index is 13.9. The van der Waals surface area contributed by atoms with Crippen LogP contribution in [0.2, 0.25) is 0 Å². The molecular formula is C25H34N8O3. The lowest BCUT2D eigenvalue weighted by atomic mass is 10.1. The molecule has 4 heterocycles. The number of nitrogens with two attached hydrogens (primary N) is 1.